The van der Waals surface area contributed by atoms with Gasteiger partial charge in [0, 0.05) is 17.7 Å². The average molecular weight is 200 g/mol. The molecule has 0 aromatic heterocycles. The number of benzene rings is 1. The summed E-state index contributed by atoms with van der Waals surface area (Å²) in [5.41, 5.74) is 0.0295. The standard InChI is InChI=1S/C11H14F2O/c1-7(2)6-14-9-4-10(12)8(3)11(13)5-9/h4-5,7H,6H2,1-3H3. The molecule has 0 amide bonds. The lowest BCUT2D eigenvalue weighted by Gasteiger charge is -2.09. The number of halogens is 2. The van der Waals surface area contributed by atoms with Gasteiger partial charge in [0.05, 0.1) is 6.61 Å². The summed E-state index contributed by atoms with van der Waals surface area (Å²) in [4.78, 5) is 0. The SMILES string of the molecule is Cc1c(F)cc(OCC(C)C)cc1F. The fourth-order valence-corrected chi connectivity index (χ4v) is 0.968. The van der Waals surface area contributed by atoms with Crippen LogP contribution in [-0.4, -0.2) is 6.61 Å². The maximum absolute atomic E-state index is 13.0. The Kier molecular flexibility index (Phi) is 3.44. The van der Waals surface area contributed by atoms with E-state index in [1.54, 1.807) is 0 Å². The van der Waals surface area contributed by atoms with Gasteiger partial charge < -0.3 is 4.74 Å². The maximum Gasteiger partial charge on any atom is 0.132 e. The van der Waals surface area contributed by atoms with Crippen molar-refractivity contribution in [2.75, 3.05) is 6.61 Å². The van der Waals surface area contributed by atoms with Crippen LogP contribution in [0.15, 0.2) is 12.1 Å². The maximum atomic E-state index is 13.0. The molecule has 0 N–H and O–H groups in total. The van der Waals surface area contributed by atoms with E-state index >= 15 is 0 Å². The largest absolute Gasteiger partial charge is 0.493 e. The van der Waals surface area contributed by atoms with Crippen LogP contribution < -0.4 is 4.74 Å². The molecule has 0 heterocycles. The normalized spacial score (nSPS) is 10.7. The fraction of sp³-hybridized carbons (Fsp3) is 0.455. The van der Waals surface area contributed by atoms with Crippen LogP contribution in [0.5, 0.6) is 5.75 Å². The van der Waals surface area contributed by atoms with Crippen LogP contribution in [-0.2, 0) is 0 Å². The number of ether oxygens (including phenoxy) is 1. The fourth-order valence-electron chi connectivity index (χ4n) is 0.968. The molecule has 78 valence electrons. The lowest BCUT2D eigenvalue weighted by atomic mass is 10.2. The molecule has 1 aromatic rings. The Morgan fingerprint density at radius 2 is 1.71 bits per heavy atom. The predicted octanol–water partition coefficient (Wildman–Crippen LogP) is 3.31. The molecular weight excluding hydrogens is 186 g/mol. The molecule has 1 nitrogen and oxygen atoms in total. The van der Waals surface area contributed by atoms with Crippen LogP contribution in [0.3, 0.4) is 0 Å². The predicted molar refractivity (Wildman–Crippen MR) is 51.4 cm³/mol. The van der Waals surface area contributed by atoms with Crippen LogP contribution in [0.4, 0.5) is 8.78 Å². The summed E-state index contributed by atoms with van der Waals surface area (Å²) in [6.45, 7) is 5.81. The van der Waals surface area contributed by atoms with Crippen LogP contribution in [0.1, 0.15) is 19.4 Å². The van der Waals surface area contributed by atoms with E-state index in [-0.39, 0.29) is 11.3 Å². The number of hydrogen-bond acceptors (Lipinski definition) is 1. The molecule has 3 heteroatoms. The van der Waals surface area contributed by atoms with Crippen molar-refractivity contribution >= 4 is 0 Å². The van der Waals surface area contributed by atoms with Gasteiger partial charge >= 0.3 is 0 Å². The molecule has 14 heavy (non-hydrogen) atoms. The minimum Gasteiger partial charge on any atom is -0.493 e. The number of rotatable bonds is 3. The van der Waals surface area contributed by atoms with E-state index < -0.39 is 11.6 Å². The van der Waals surface area contributed by atoms with Gasteiger partial charge in [0.25, 0.3) is 0 Å². The Bertz CT molecular complexity index is 298. The van der Waals surface area contributed by atoms with E-state index in [1.807, 2.05) is 13.8 Å². The highest BCUT2D eigenvalue weighted by atomic mass is 19.1. The summed E-state index contributed by atoms with van der Waals surface area (Å²) in [5.74, 6) is -0.547. The van der Waals surface area contributed by atoms with Crippen LogP contribution in [0.25, 0.3) is 0 Å². The molecule has 0 aliphatic rings. The van der Waals surface area contributed by atoms with Gasteiger partial charge in [-0.3, -0.25) is 0 Å². The molecule has 0 aliphatic carbocycles. The van der Waals surface area contributed by atoms with E-state index in [1.165, 1.54) is 19.1 Å². The Morgan fingerprint density at radius 1 is 1.21 bits per heavy atom. The monoisotopic (exact) mass is 200 g/mol. The Hall–Kier alpha value is -1.12. The first kappa shape index (κ1) is 11.0. The van der Waals surface area contributed by atoms with Gasteiger partial charge in [-0.15, -0.1) is 0 Å². The Labute approximate surface area is 82.7 Å². The average Bonchev–Trinajstić information content (AvgIpc) is 2.10. The molecule has 1 rings (SSSR count). The second-order valence-corrected chi connectivity index (χ2v) is 3.72. The van der Waals surface area contributed by atoms with Crippen molar-refractivity contribution in [1.82, 2.24) is 0 Å². The topological polar surface area (TPSA) is 9.23 Å². The molecule has 0 bridgehead atoms. The van der Waals surface area contributed by atoms with Crippen molar-refractivity contribution < 1.29 is 13.5 Å². The molecule has 0 spiro atoms. The van der Waals surface area contributed by atoms with E-state index in [0.29, 0.717) is 12.5 Å². The Balaban J connectivity index is 2.79. The van der Waals surface area contributed by atoms with Crippen LogP contribution >= 0.6 is 0 Å². The molecule has 0 fully saturated rings. The lowest BCUT2D eigenvalue weighted by molar-refractivity contribution is 0.268. The summed E-state index contributed by atoms with van der Waals surface area (Å²) in [6, 6.07) is 2.42. The molecule has 0 radical (unpaired) electrons. The summed E-state index contributed by atoms with van der Waals surface area (Å²) in [5, 5.41) is 0. The van der Waals surface area contributed by atoms with Gasteiger partial charge in [0.1, 0.15) is 17.4 Å². The molecule has 0 saturated heterocycles. The van der Waals surface area contributed by atoms with Crippen LogP contribution in [0.2, 0.25) is 0 Å². The van der Waals surface area contributed by atoms with E-state index in [4.69, 9.17) is 4.74 Å². The lowest BCUT2D eigenvalue weighted by Crippen LogP contribution is -2.05. The smallest absolute Gasteiger partial charge is 0.132 e. The van der Waals surface area contributed by atoms with Crippen molar-refractivity contribution in [2.24, 2.45) is 5.92 Å². The first-order valence-corrected chi connectivity index (χ1v) is 4.59. The minimum atomic E-state index is -0.566. The summed E-state index contributed by atoms with van der Waals surface area (Å²) in [6.07, 6.45) is 0. The zero-order valence-corrected chi connectivity index (χ0v) is 8.60. The van der Waals surface area contributed by atoms with Gasteiger partial charge in [0.15, 0.2) is 0 Å². The van der Waals surface area contributed by atoms with Gasteiger partial charge in [-0.25, -0.2) is 8.78 Å². The number of hydrogen-bond donors (Lipinski definition) is 0. The van der Waals surface area contributed by atoms with Crippen molar-refractivity contribution in [3.8, 4) is 5.75 Å². The van der Waals surface area contributed by atoms with Gasteiger partial charge in [-0.05, 0) is 12.8 Å². The van der Waals surface area contributed by atoms with Crippen molar-refractivity contribution in [2.45, 2.75) is 20.8 Å². The molecule has 0 saturated carbocycles. The summed E-state index contributed by atoms with van der Waals surface area (Å²) in [7, 11) is 0. The first-order valence-electron chi connectivity index (χ1n) is 4.59. The van der Waals surface area contributed by atoms with Crippen LogP contribution in [0, 0.1) is 24.5 Å². The van der Waals surface area contributed by atoms with E-state index in [2.05, 4.69) is 0 Å². The highest BCUT2D eigenvalue weighted by Crippen LogP contribution is 2.20. The third-order valence-electron chi connectivity index (χ3n) is 1.84. The third kappa shape index (κ3) is 2.69. The first-order chi connectivity index (χ1) is 6.50. The third-order valence-corrected chi connectivity index (χ3v) is 1.84. The molecule has 0 aliphatic heterocycles. The molecule has 0 atom stereocenters. The van der Waals surface area contributed by atoms with Gasteiger partial charge in [-0.1, -0.05) is 13.8 Å². The molecule has 0 unspecified atom stereocenters. The van der Waals surface area contributed by atoms with Crippen molar-refractivity contribution in [3.63, 3.8) is 0 Å². The quantitative estimate of drug-likeness (QED) is 0.727. The summed E-state index contributed by atoms with van der Waals surface area (Å²) < 4.78 is 31.3. The second-order valence-electron chi connectivity index (χ2n) is 3.72. The van der Waals surface area contributed by atoms with Crippen molar-refractivity contribution in [3.05, 3.63) is 29.3 Å². The van der Waals surface area contributed by atoms with Gasteiger partial charge in [-0.2, -0.15) is 0 Å². The second kappa shape index (κ2) is 4.40. The van der Waals surface area contributed by atoms with E-state index in [0.717, 1.165) is 0 Å². The zero-order valence-electron chi connectivity index (χ0n) is 8.60. The Morgan fingerprint density at radius 3 is 2.14 bits per heavy atom. The van der Waals surface area contributed by atoms with E-state index in [9.17, 15) is 8.78 Å². The molecular formula is C11H14F2O. The summed E-state index contributed by atoms with van der Waals surface area (Å²) >= 11 is 0. The minimum absolute atomic E-state index is 0.0295. The molecule has 1 aromatic carbocycles. The highest BCUT2D eigenvalue weighted by Gasteiger charge is 2.07. The van der Waals surface area contributed by atoms with Gasteiger partial charge in [0.2, 0.25) is 0 Å². The highest BCUT2D eigenvalue weighted by molar-refractivity contribution is 5.29. The zero-order chi connectivity index (χ0) is 10.7. The van der Waals surface area contributed by atoms with Crippen molar-refractivity contribution in [1.29, 1.82) is 0 Å².